The Morgan fingerprint density at radius 1 is 1.06 bits per heavy atom. The van der Waals surface area contributed by atoms with Crippen molar-refractivity contribution in [1.82, 2.24) is 15.0 Å². The highest BCUT2D eigenvalue weighted by atomic mass is 16.5. The molecule has 2 aromatic carbocycles. The Labute approximate surface area is 178 Å². The molecule has 0 saturated heterocycles. The van der Waals surface area contributed by atoms with Gasteiger partial charge < -0.3 is 9.72 Å². The average Bonchev–Trinajstić information content (AvgIpc) is 2.78. The van der Waals surface area contributed by atoms with Crippen LogP contribution in [0.2, 0.25) is 0 Å². The predicted molar refractivity (Wildman–Crippen MR) is 118 cm³/mol. The molecular formula is C24H20N4O3. The summed E-state index contributed by atoms with van der Waals surface area (Å²) in [6, 6.07) is 16.1. The number of fused-ring (bicyclic) bond motifs is 3. The molecule has 0 atom stereocenters. The zero-order valence-corrected chi connectivity index (χ0v) is 17.3. The molecule has 5 rings (SSSR count). The van der Waals surface area contributed by atoms with Gasteiger partial charge in [-0.2, -0.15) is 0 Å². The first-order valence-corrected chi connectivity index (χ1v) is 9.93. The molecule has 3 heterocycles. The number of carbonyl (C=O) groups excluding carboxylic acids is 1. The zero-order chi connectivity index (χ0) is 21.8. The fourth-order valence-corrected chi connectivity index (χ4v) is 3.59. The molecular weight excluding hydrogens is 392 g/mol. The number of hydrogen-bond acceptors (Lipinski definition) is 5. The minimum absolute atomic E-state index is 0.0319. The van der Waals surface area contributed by atoms with E-state index in [4.69, 9.17) is 4.74 Å². The van der Waals surface area contributed by atoms with Gasteiger partial charge in [0.2, 0.25) is 5.82 Å². The van der Waals surface area contributed by atoms with Gasteiger partial charge in [-0.05, 0) is 35.2 Å². The molecule has 7 nitrogen and oxygen atoms in total. The summed E-state index contributed by atoms with van der Waals surface area (Å²) in [5.74, 6) is 0.593. The highest BCUT2D eigenvalue weighted by molar-refractivity contribution is 6.10. The van der Waals surface area contributed by atoms with Crippen molar-refractivity contribution in [3.63, 3.8) is 0 Å². The van der Waals surface area contributed by atoms with Gasteiger partial charge in [0.1, 0.15) is 5.75 Å². The van der Waals surface area contributed by atoms with Gasteiger partial charge in [0, 0.05) is 23.9 Å². The maximum absolute atomic E-state index is 13.7. The number of amides is 1. The molecule has 0 radical (unpaired) electrons. The Balaban J connectivity index is 1.76. The van der Waals surface area contributed by atoms with E-state index in [0.717, 1.165) is 5.56 Å². The molecule has 1 aliphatic rings. The molecule has 0 saturated carbocycles. The van der Waals surface area contributed by atoms with Crippen LogP contribution in [0.15, 0.2) is 65.6 Å². The van der Waals surface area contributed by atoms with Crippen molar-refractivity contribution in [2.75, 3.05) is 4.90 Å². The minimum Gasteiger partial charge on any atom is -0.455 e. The molecule has 1 aliphatic heterocycles. The van der Waals surface area contributed by atoms with E-state index in [2.05, 4.69) is 35.7 Å². The van der Waals surface area contributed by atoms with Gasteiger partial charge in [-0.25, -0.2) is 9.97 Å². The zero-order valence-electron chi connectivity index (χ0n) is 17.3. The van der Waals surface area contributed by atoms with Crippen LogP contribution in [0.5, 0.6) is 11.5 Å². The van der Waals surface area contributed by atoms with E-state index in [0.29, 0.717) is 33.9 Å². The lowest BCUT2D eigenvalue weighted by Crippen LogP contribution is -2.32. The summed E-state index contributed by atoms with van der Waals surface area (Å²) < 4.78 is 5.98. The SMILES string of the molecule is CC(C)(C)c1cccc(C(=O)N2c3cccc(c3)Oc3ccnc4[nH]c(=O)c2nc34)c1. The molecule has 0 spiro atoms. The summed E-state index contributed by atoms with van der Waals surface area (Å²) in [6.45, 7) is 6.26. The van der Waals surface area contributed by atoms with E-state index in [1.54, 1.807) is 36.4 Å². The molecule has 4 bridgehead atoms. The van der Waals surface area contributed by atoms with Crippen molar-refractivity contribution < 1.29 is 9.53 Å². The highest BCUT2D eigenvalue weighted by Gasteiger charge is 2.27. The fraction of sp³-hybridized carbons (Fsp3) is 0.167. The Kier molecular flexibility index (Phi) is 4.15. The van der Waals surface area contributed by atoms with Crippen molar-refractivity contribution >= 4 is 28.6 Å². The van der Waals surface area contributed by atoms with Gasteiger partial charge in [0.25, 0.3) is 11.5 Å². The van der Waals surface area contributed by atoms with Crippen LogP contribution in [-0.2, 0) is 5.41 Å². The normalized spacial score (nSPS) is 12.8. The molecule has 7 heteroatoms. The summed E-state index contributed by atoms with van der Waals surface area (Å²) in [5.41, 5.74) is 2.00. The third-order valence-electron chi connectivity index (χ3n) is 5.23. The van der Waals surface area contributed by atoms with Crippen LogP contribution >= 0.6 is 0 Å². The molecule has 4 aromatic rings. The molecule has 0 fully saturated rings. The smallest absolute Gasteiger partial charge is 0.293 e. The number of H-pyrrole nitrogens is 1. The number of benzene rings is 2. The van der Waals surface area contributed by atoms with Crippen LogP contribution in [0.25, 0.3) is 11.2 Å². The monoisotopic (exact) mass is 412 g/mol. The van der Waals surface area contributed by atoms with Crippen LogP contribution in [0.1, 0.15) is 36.7 Å². The largest absolute Gasteiger partial charge is 0.455 e. The first-order chi connectivity index (χ1) is 14.8. The number of nitrogens with one attached hydrogen (secondary N) is 1. The second-order valence-electron chi connectivity index (χ2n) is 8.47. The molecule has 31 heavy (non-hydrogen) atoms. The van der Waals surface area contributed by atoms with E-state index in [1.165, 1.54) is 11.1 Å². The Bertz CT molecular complexity index is 1400. The van der Waals surface area contributed by atoms with Gasteiger partial charge in [-0.3, -0.25) is 14.5 Å². The van der Waals surface area contributed by atoms with E-state index in [-0.39, 0.29) is 17.1 Å². The Morgan fingerprint density at radius 2 is 1.87 bits per heavy atom. The molecule has 0 aliphatic carbocycles. The molecule has 1 amide bonds. The first-order valence-electron chi connectivity index (χ1n) is 9.93. The number of carbonyl (C=O) groups is 1. The quantitative estimate of drug-likeness (QED) is 0.490. The number of rotatable bonds is 1. The molecule has 0 unspecified atom stereocenters. The standard InChI is InChI=1S/C24H20N4O3/c1-24(2,3)15-7-4-6-14(12-15)23(30)28-16-8-5-9-17(13-16)31-18-10-11-25-20-19(18)26-21(28)22(29)27-20/h4-13H,1-3H3,(H,25,27,29). The van der Waals surface area contributed by atoms with Crippen LogP contribution in [0, 0.1) is 0 Å². The predicted octanol–water partition coefficient (Wildman–Crippen LogP) is 4.70. The average molecular weight is 412 g/mol. The number of ether oxygens (including phenoxy) is 1. The van der Waals surface area contributed by atoms with Crippen molar-refractivity contribution in [3.05, 3.63) is 82.3 Å². The van der Waals surface area contributed by atoms with E-state index >= 15 is 0 Å². The van der Waals surface area contributed by atoms with Crippen LogP contribution < -0.4 is 15.2 Å². The number of nitrogens with zero attached hydrogens (tertiary/aromatic N) is 3. The summed E-state index contributed by atoms with van der Waals surface area (Å²) in [5, 5.41) is 0. The molecule has 1 N–H and O–H groups in total. The summed E-state index contributed by atoms with van der Waals surface area (Å²) in [6.07, 6.45) is 1.54. The second kappa shape index (κ2) is 6.77. The first kappa shape index (κ1) is 19.0. The third kappa shape index (κ3) is 3.24. The lowest BCUT2D eigenvalue weighted by atomic mass is 9.86. The Hall–Kier alpha value is -4.00. The summed E-state index contributed by atoms with van der Waals surface area (Å²) in [4.78, 5) is 39.4. The van der Waals surface area contributed by atoms with E-state index in [9.17, 15) is 9.59 Å². The van der Waals surface area contributed by atoms with Gasteiger partial charge >= 0.3 is 0 Å². The lowest BCUT2D eigenvalue weighted by molar-refractivity contribution is 0.0998. The van der Waals surface area contributed by atoms with Crippen molar-refractivity contribution in [3.8, 4) is 11.5 Å². The topological polar surface area (TPSA) is 88.2 Å². The van der Waals surface area contributed by atoms with Crippen molar-refractivity contribution in [1.29, 1.82) is 0 Å². The number of hydrogen-bond donors (Lipinski definition) is 1. The number of pyridine rings is 1. The van der Waals surface area contributed by atoms with E-state index < -0.39 is 5.56 Å². The lowest BCUT2D eigenvalue weighted by Gasteiger charge is -2.23. The van der Waals surface area contributed by atoms with Gasteiger partial charge in [0.15, 0.2) is 16.9 Å². The third-order valence-corrected chi connectivity index (χ3v) is 5.23. The summed E-state index contributed by atoms with van der Waals surface area (Å²) >= 11 is 0. The minimum atomic E-state index is -0.509. The van der Waals surface area contributed by atoms with Gasteiger partial charge in [-0.15, -0.1) is 0 Å². The van der Waals surface area contributed by atoms with E-state index in [1.807, 2.05) is 18.2 Å². The van der Waals surface area contributed by atoms with Gasteiger partial charge in [-0.1, -0.05) is 39.0 Å². The van der Waals surface area contributed by atoms with Crippen LogP contribution in [0.4, 0.5) is 11.5 Å². The Morgan fingerprint density at radius 3 is 2.68 bits per heavy atom. The fourth-order valence-electron chi connectivity index (χ4n) is 3.59. The summed E-state index contributed by atoms with van der Waals surface area (Å²) in [7, 11) is 0. The highest BCUT2D eigenvalue weighted by Crippen LogP contribution is 2.35. The number of aromatic amines is 1. The molecule has 2 aromatic heterocycles. The number of anilines is 2. The van der Waals surface area contributed by atoms with Gasteiger partial charge in [0.05, 0.1) is 5.69 Å². The van der Waals surface area contributed by atoms with Crippen molar-refractivity contribution in [2.24, 2.45) is 0 Å². The maximum Gasteiger partial charge on any atom is 0.293 e. The maximum atomic E-state index is 13.7. The van der Waals surface area contributed by atoms with Crippen LogP contribution in [-0.4, -0.2) is 20.9 Å². The van der Waals surface area contributed by atoms with Crippen LogP contribution in [0.3, 0.4) is 0 Å². The van der Waals surface area contributed by atoms with Crippen molar-refractivity contribution in [2.45, 2.75) is 26.2 Å². The molecule has 154 valence electrons. The second-order valence-corrected chi connectivity index (χ2v) is 8.47. The number of aromatic nitrogens is 3.